The Morgan fingerprint density at radius 1 is 1.03 bits per heavy atom. The molecule has 7 heteroatoms. The van der Waals surface area contributed by atoms with Crippen LogP contribution in [0.4, 0.5) is 11.8 Å². The molecular formula is C25H33BrN6. The number of hydrogen-bond acceptors (Lipinski definition) is 5. The van der Waals surface area contributed by atoms with Crippen LogP contribution in [0, 0.1) is 6.92 Å². The highest BCUT2D eigenvalue weighted by Crippen LogP contribution is 2.36. The van der Waals surface area contributed by atoms with E-state index < -0.39 is 0 Å². The summed E-state index contributed by atoms with van der Waals surface area (Å²) in [5, 5.41) is 8.39. The van der Waals surface area contributed by atoms with Crippen LogP contribution in [-0.4, -0.2) is 26.6 Å². The number of aryl methyl sites for hydroxylation is 1. The lowest BCUT2D eigenvalue weighted by Crippen LogP contribution is -2.33. The van der Waals surface area contributed by atoms with Gasteiger partial charge in [0, 0.05) is 35.3 Å². The van der Waals surface area contributed by atoms with Gasteiger partial charge in [0.2, 0.25) is 5.95 Å². The smallest absolute Gasteiger partial charge is 0.226 e. The highest BCUT2D eigenvalue weighted by atomic mass is 79.9. The van der Waals surface area contributed by atoms with Gasteiger partial charge in [0.05, 0.1) is 5.39 Å². The van der Waals surface area contributed by atoms with Gasteiger partial charge in [0.15, 0.2) is 0 Å². The van der Waals surface area contributed by atoms with Crippen molar-refractivity contribution in [3.8, 4) is 0 Å². The number of anilines is 2. The molecule has 2 saturated carbocycles. The molecule has 6 nitrogen and oxygen atoms in total. The van der Waals surface area contributed by atoms with E-state index in [0.717, 1.165) is 59.5 Å². The van der Waals surface area contributed by atoms with Gasteiger partial charge in [-0.05, 0) is 68.7 Å². The Morgan fingerprint density at radius 3 is 2.47 bits per heavy atom. The molecule has 0 saturated heterocycles. The molecule has 0 radical (unpaired) electrons. The van der Waals surface area contributed by atoms with Gasteiger partial charge in [-0.1, -0.05) is 40.9 Å². The summed E-state index contributed by atoms with van der Waals surface area (Å²) in [4.78, 5) is 10.0. The van der Waals surface area contributed by atoms with E-state index in [1.54, 1.807) is 0 Å². The first-order valence-corrected chi connectivity index (χ1v) is 12.8. The fourth-order valence-electron chi connectivity index (χ4n) is 5.22. The Kier molecular flexibility index (Phi) is 6.37. The van der Waals surface area contributed by atoms with Crippen LogP contribution in [0.25, 0.3) is 11.0 Å². The minimum Gasteiger partial charge on any atom is -0.365 e. The molecule has 0 aliphatic heterocycles. The topological polar surface area (TPSA) is 80.8 Å². The van der Waals surface area contributed by atoms with Crippen molar-refractivity contribution in [3.05, 3.63) is 46.1 Å². The number of rotatable bonds is 6. The number of nitrogens with one attached hydrogen (secondary N) is 2. The zero-order chi connectivity index (χ0) is 22.1. The number of halogens is 1. The molecular weight excluding hydrogens is 464 g/mol. The fourth-order valence-corrected chi connectivity index (χ4v) is 5.48. The molecule has 0 unspecified atom stereocenters. The first-order valence-electron chi connectivity index (χ1n) is 12.0. The highest BCUT2D eigenvalue weighted by Gasteiger charge is 2.24. The van der Waals surface area contributed by atoms with Crippen molar-refractivity contribution in [2.45, 2.75) is 83.0 Å². The molecule has 3 aromatic rings. The zero-order valence-electron chi connectivity index (χ0n) is 18.8. The lowest BCUT2D eigenvalue weighted by Gasteiger charge is -2.27. The Morgan fingerprint density at radius 2 is 1.75 bits per heavy atom. The van der Waals surface area contributed by atoms with Crippen molar-refractivity contribution in [3.63, 3.8) is 0 Å². The van der Waals surface area contributed by atoms with Crippen molar-refractivity contribution < 1.29 is 0 Å². The number of aromatic nitrogens is 3. The van der Waals surface area contributed by atoms with E-state index in [4.69, 9.17) is 15.7 Å². The monoisotopic (exact) mass is 496 g/mol. The van der Waals surface area contributed by atoms with E-state index in [-0.39, 0.29) is 0 Å². The molecule has 0 atom stereocenters. The molecule has 2 fully saturated rings. The van der Waals surface area contributed by atoms with Gasteiger partial charge >= 0.3 is 0 Å². The van der Waals surface area contributed by atoms with Crippen LogP contribution in [0.3, 0.4) is 0 Å². The average Bonchev–Trinajstić information content (AvgIpc) is 3.43. The molecule has 0 spiro atoms. The largest absolute Gasteiger partial charge is 0.365 e. The van der Waals surface area contributed by atoms with E-state index in [2.05, 4.69) is 68.5 Å². The molecule has 5 rings (SSSR count). The summed E-state index contributed by atoms with van der Waals surface area (Å²) in [5.41, 5.74) is 9.63. The molecule has 2 aromatic heterocycles. The van der Waals surface area contributed by atoms with E-state index >= 15 is 0 Å². The average molecular weight is 497 g/mol. The van der Waals surface area contributed by atoms with Crippen LogP contribution in [0.2, 0.25) is 0 Å². The van der Waals surface area contributed by atoms with E-state index in [0.29, 0.717) is 18.1 Å². The second-order valence-electron chi connectivity index (χ2n) is 9.49. The minimum absolute atomic E-state index is 0.335. The van der Waals surface area contributed by atoms with Crippen molar-refractivity contribution in [1.82, 2.24) is 14.5 Å². The predicted molar refractivity (Wildman–Crippen MR) is 135 cm³/mol. The minimum atomic E-state index is 0.335. The van der Waals surface area contributed by atoms with Gasteiger partial charge in [-0.2, -0.15) is 9.97 Å². The van der Waals surface area contributed by atoms with Crippen LogP contribution in [-0.2, 0) is 6.54 Å². The number of hydrogen-bond donors (Lipinski definition) is 3. The van der Waals surface area contributed by atoms with E-state index in [9.17, 15) is 0 Å². The molecule has 4 N–H and O–H groups in total. The number of nitrogens with zero attached hydrogens (tertiary/aromatic N) is 3. The van der Waals surface area contributed by atoms with Crippen molar-refractivity contribution in [1.29, 1.82) is 0 Å². The van der Waals surface area contributed by atoms with Crippen LogP contribution in [0.15, 0.2) is 34.9 Å². The van der Waals surface area contributed by atoms with Gasteiger partial charge in [-0.25, -0.2) is 0 Å². The molecule has 2 aliphatic carbocycles. The van der Waals surface area contributed by atoms with Crippen LogP contribution >= 0.6 is 15.9 Å². The molecule has 0 amide bonds. The van der Waals surface area contributed by atoms with Crippen LogP contribution < -0.4 is 16.4 Å². The second-order valence-corrected chi connectivity index (χ2v) is 10.4. The number of nitrogens with two attached hydrogens (primary N) is 1. The van der Waals surface area contributed by atoms with Gasteiger partial charge < -0.3 is 20.9 Å². The van der Waals surface area contributed by atoms with Gasteiger partial charge in [-0.15, -0.1) is 0 Å². The third-order valence-electron chi connectivity index (χ3n) is 7.06. The Bertz CT molecular complexity index is 1060. The quantitative estimate of drug-likeness (QED) is 0.395. The Balaban J connectivity index is 1.48. The SMILES string of the molecule is Cc1cn(C2CCCC2)c2nc(NC3CCC(N)CC3)nc(NCc3ccc(Br)cc3)c12. The first-order chi connectivity index (χ1) is 15.6. The van der Waals surface area contributed by atoms with Crippen LogP contribution in [0.1, 0.15) is 68.5 Å². The third kappa shape index (κ3) is 4.64. The summed E-state index contributed by atoms with van der Waals surface area (Å²) < 4.78 is 3.50. The number of benzene rings is 1. The molecule has 170 valence electrons. The summed E-state index contributed by atoms with van der Waals surface area (Å²) in [6.45, 7) is 2.91. The predicted octanol–water partition coefficient (Wildman–Crippen LogP) is 5.91. The lowest BCUT2D eigenvalue weighted by atomic mass is 9.92. The van der Waals surface area contributed by atoms with E-state index in [1.807, 2.05) is 0 Å². The van der Waals surface area contributed by atoms with Crippen molar-refractivity contribution in [2.75, 3.05) is 10.6 Å². The fraction of sp³-hybridized carbons (Fsp3) is 0.520. The van der Waals surface area contributed by atoms with Gasteiger partial charge in [0.1, 0.15) is 11.5 Å². The maximum Gasteiger partial charge on any atom is 0.226 e. The summed E-state index contributed by atoms with van der Waals surface area (Å²) in [6.07, 6.45) is 11.6. The van der Waals surface area contributed by atoms with Crippen molar-refractivity contribution in [2.24, 2.45) is 5.73 Å². The molecule has 2 aliphatic rings. The van der Waals surface area contributed by atoms with Crippen LogP contribution in [0.5, 0.6) is 0 Å². The van der Waals surface area contributed by atoms with Gasteiger partial charge in [-0.3, -0.25) is 0 Å². The van der Waals surface area contributed by atoms with Gasteiger partial charge in [0.25, 0.3) is 0 Å². The molecule has 1 aromatic carbocycles. The highest BCUT2D eigenvalue weighted by molar-refractivity contribution is 9.10. The summed E-state index contributed by atoms with van der Waals surface area (Å²) in [6, 6.07) is 9.70. The molecule has 32 heavy (non-hydrogen) atoms. The summed E-state index contributed by atoms with van der Waals surface area (Å²) >= 11 is 3.52. The van der Waals surface area contributed by atoms with Crippen molar-refractivity contribution >= 4 is 38.7 Å². The Labute approximate surface area is 198 Å². The molecule has 0 bridgehead atoms. The summed E-state index contributed by atoms with van der Waals surface area (Å²) in [5.74, 6) is 1.65. The zero-order valence-corrected chi connectivity index (χ0v) is 20.4. The standard InChI is InChI=1S/C25H33BrN6/c1-16-15-32(21-4-2-3-5-21)24-22(16)23(28-14-17-6-8-18(26)9-7-17)30-25(31-24)29-20-12-10-19(27)11-13-20/h6-9,15,19-21H,2-5,10-14,27H2,1H3,(H2,28,29,30,31). The first kappa shape index (κ1) is 21.7. The molecule has 2 heterocycles. The summed E-state index contributed by atoms with van der Waals surface area (Å²) in [7, 11) is 0. The second kappa shape index (κ2) is 9.40. The third-order valence-corrected chi connectivity index (χ3v) is 7.59. The number of fused-ring (bicyclic) bond motifs is 1. The maximum atomic E-state index is 6.11. The maximum absolute atomic E-state index is 6.11. The van der Waals surface area contributed by atoms with E-state index in [1.165, 1.54) is 36.8 Å². The lowest BCUT2D eigenvalue weighted by molar-refractivity contribution is 0.410. The normalized spacial score (nSPS) is 21.8. The Hall–Kier alpha value is -2.12.